The number of rotatable bonds is 6. The number of benzene rings is 1. The molecule has 1 aromatic carbocycles. The van der Waals surface area contributed by atoms with E-state index in [0.717, 1.165) is 38.4 Å². The topological polar surface area (TPSA) is 65.1 Å². The van der Waals surface area contributed by atoms with E-state index in [-0.39, 0.29) is 11.8 Å². The maximum absolute atomic E-state index is 12.3. The van der Waals surface area contributed by atoms with Gasteiger partial charge < -0.3 is 19.9 Å². The molecular formula is C19H27ClN4O3. The summed E-state index contributed by atoms with van der Waals surface area (Å²) in [6.45, 7) is 7.31. The number of hydrogen-bond acceptors (Lipinski definition) is 5. The molecule has 0 aliphatic carbocycles. The lowest BCUT2D eigenvalue weighted by Gasteiger charge is -2.35. The van der Waals surface area contributed by atoms with Gasteiger partial charge in [0.1, 0.15) is 0 Å². The molecule has 0 bridgehead atoms. The molecule has 2 aliphatic rings. The fraction of sp³-hybridized carbons (Fsp3) is 0.579. The van der Waals surface area contributed by atoms with Crippen molar-refractivity contribution >= 4 is 29.1 Å². The van der Waals surface area contributed by atoms with Crippen molar-refractivity contribution in [2.24, 2.45) is 0 Å². The zero-order valence-electron chi connectivity index (χ0n) is 15.5. The molecule has 148 valence electrons. The van der Waals surface area contributed by atoms with E-state index in [9.17, 15) is 9.59 Å². The highest BCUT2D eigenvalue weighted by Crippen LogP contribution is 2.15. The molecule has 2 saturated heterocycles. The Balaban J connectivity index is 1.33. The van der Waals surface area contributed by atoms with Crippen LogP contribution in [0.2, 0.25) is 5.02 Å². The molecule has 1 N–H and O–H groups in total. The first kappa shape index (κ1) is 20.1. The van der Waals surface area contributed by atoms with Gasteiger partial charge in [0.05, 0.1) is 19.8 Å². The first-order valence-corrected chi connectivity index (χ1v) is 9.83. The lowest BCUT2D eigenvalue weighted by Crippen LogP contribution is -2.51. The fourth-order valence-corrected chi connectivity index (χ4v) is 3.51. The molecule has 0 saturated carbocycles. The second-order valence-electron chi connectivity index (χ2n) is 6.92. The number of anilines is 1. The van der Waals surface area contributed by atoms with Gasteiger partial charge in [-0.25, -0.2) is 0 Å². The number of halogens is 1. The van der Waals surface area contributed by atoms with Crippen LogP contribution in [0.15, 0.2) is 24.3 Å². The summed E-state index contributed by atoms with van der Waals surface area (Å²) >= 11 is 5.93. The molecule has 3 rings (SSSR count). The summed E-state index contributed by atoms with van der Waals surface area (Å²) in [6.07, 6.45) is 0.444. The van der Waals surface area contributed by atoms with Gasteiger partial charge in [-0.3, -0.25) is 14.5 Å². The quantitative estimate of drug-likeness (QED) is 0.784. The minimum atomic E-state index is -0.0119. The molecule has 0 spiro atoms. The first-order chi connectivity index (χ1) is 13.1. The van der Waals surface area contributed by atoms with Crippen LogP contribution >= 0.6 is 11.6 Å². The zero-order chi connectivity index (χ0) is 19.1. The summed E-state index contributed by atoms with van der Waals surface area (Å²) in [7, 11) is 0. The van der Waals surface area contributed by atoms with Crippen LogP contribution in [0.25, 0.3) is 0 Å². The van der Waals surface area contributed by atoms with Crippen LogP contribution in [-0.2, 0) is 14.3 Å². The van der Waals surface area contributed by atoms with Gasteiger partial charge >= 0.3 is 0 Å². The summed E-state index contributed by atoms with van der Waals surface area (Å²) in [5.74, 6) is 0.176. The standard InChI is InChI=1S/C19H27ClN4O3/c20-16-2-1-3-17(14-16)21-18(25)4-5-22-6-8-23(9-7-22)15-19(26)24-10-12-27-13-11-24/h1-3,14H,4-13,15H2,(H,21,25). The number of nitrogens with zero attached hydrogens (tertiary/aromatic N) is 3. The maximum atomic E-state index is 12.3. The Hall–Kier alpha value is -1.67. The molecule has 2 fully saturated rings. The maximum Gasteiger partial charge on any atom is 0.236 e. The molecule has 0 radical (unpaired) electrons. The number of piperazine rings is 1. The summed E-state index contributed by atoms with van der Waals surface area (Å²) < 4.78 is 5.29. The number of carbonyl (C=O) groups excluding carboxylic acids is 2. The molecule has 2 amide bonds. The van der Waals surface area contributed by atoms with Crippen molar-refractivity contribution in [2.75, 3.05) is 70.9 Å². The van der Waals surface area contributed by atoms with Crippen molar-refractivity contribution in [3.63, 3.8) is 0 Å². The third kappa shape index (κ3) is 6.46. The highest BCUT2D eigenvalue weighted by atomic mass is 35.5. The third-order valence-corrected chi connectivity index (χ3v) is 5.19. The lowest BCUT2D eigenvalue weighted by molar-refractivity contribution is -0.136. The predicted octanol–water partition coefficient (Wildman–Crippen LogP) is 1.15. The predicted molar refractivity (Wildman–Crippen MR) is 105 cm³/mol. The highest BCUT2D eigenvalue weighted by molar-refractivity contribution is 6.30. The second kappa shape index (κ2) is 10.0. The zero-order valence-corrected chi connectivity index (χ0v) is 16.3. The average molecular weight is 395 g/mol. The molecule has 0 aromatic heterocycles. The van der Waals surface area contributed by atoms with Crippen molar-refractivity contribution in [3.05, 3.63) is 29.3 Å². The number of ether oxygens (including phenoxy) is 1. The van der Waals surface area contributed by atoms with E-state index in [4.69, 9.17) is 16.3 Å². The van der Waals surface area contributed by atoms with E-state index in [1.165, 1.54) is 0 Å². The van der Waals surface area contributed by atoms with Gasteiger partial charge in [0, 0.05) is 62.9 Å². The van der Waals surface area contributed by atoms with E-state index in [1.807, 2.05) is 17.0 Å². The lowest BCUT2D eigenvalue weighted by atomic mass is 10.2. The molecule has 8 heteroatoms. The van der Waals surface area contributed by atoms with E-state index in [0.29, 0.717) is 44.3 Å². The SMILES string of the molecule is O=C(CCN1CCN(CC(=O)N2CCOCC2)CC1)Nc1cccc(Cl)c1. The van der Waals surface area contributed by atoms with Gasteiger partial charge in [0.2, 0.25) is 11.8 Å². The Kier molecular flexibility index (Phi) is 7.46. The Morgan fingerprint density at radius 3 is 2.44 bits per heavy atom. The van der Waals surface area contributed by atoms with E-state index >= 15 is 0 Å². The number of amides is 2. The van der Waals surface area contributed by atoms with E-state index in [1.54, 1.807) is 12.1 Å². The van der Waals surface area contributed by atoms with Crippen molar-refractivity contribution in [1.82, 2.24) is 14.7 Å². The fourth-order valence-electron chi connectivity index (χ4n) is 3.32. The summed E-state index contributed by atoms with van der Waals surface area (Å²) in [5, 5.41) is 3.48. The smallest absolute Gasteiger partial charge is 0.236 e. The molecule has 2 aliphatic heterocycles. The van der Waals surface area contributed by atoms with Gasteiger partial charge in [-0.2, -0.15) is 0 Å². The second-order valence-corrected chi connectivity index (χ2v) is 7.36. The normalized spacial score (nSPS) is 19.1. The van der Waals surface area contributed by atoms with E-state index < -0.39 is 0 Å². The third-order valence-electron chi connectivity index (χ3n) is 4.95. The molecule has 0 atom stereocenters. The first-order valence-electron chi connectivity index (χ1n) is 9.46. The van der Waals surface area contributed by atoms with Crippen LogP contribution in [0.4, 0.5) is 5.69 Å². The molecular weight excluding hydrogens is 368 g/mol. The van der Waals surface area contributed by atoms with Crippen molar-refractivity contribution < 1.29 is 14.3 Å². The van der Waals surface area contributed by atoms with Gasteiger partial charge in [0.25, 0.3) is 0 Å². The van der Waals surface area contributed by atoms with Crippen LogP contribution in [0.1, 0.15) is 6.42 Å². The summed E-state index contributed by atoms with van der Waals surface area (Å²) in [5.41, 5.74) is 0.721. The van der Waals surface area contributed by atoms with Gasteiger partial charge in [0.15, 0.2) is 0 Å². The number of carbonyl (C=O) groups is 2. The van der Waals surface area contributed by atoms with E-state index in [2.05, 4.69) is 15.1 Å². The van der Waals surface area contributed by atoms with Crippen LogP contribution in [0, 0.1) is 0 Å². The van der Waals surface area contributed by atoms with Gasteiger partial charge in [-0.05, 0) is 18.2 Å². The van der Waals surface area contributed by atoms with Gasteiger partial charge in [-0.15, -0.1) is 0 Å². The molecule has 7 nitrogen and oxygen atoms in total. The minimum Gasteiger partial charge on any atom is -0.378 e. The minimum absolute atomic E-state index is 0.0119. The molecule has 27 heavy (non-hydrogen) atoms. The number of hydrogen-bond donors (Lipinski definition) is 1. The van der Waals surface area contributed by atoms with Crippen molar-refractivity contribution in [1.29, 1.82) is 0 Å². The summed E-state index contributed by atoms with van der Waals surface area (Å²) in [6, 6.07) is 7.16. The van der Waals surface area contributed by atoms with Crippen LogP contribution < -0.4 is 5.32 Å². The van der Waals surface area contributed by atoms with Crippen LogP contribution in [0.3, 0.4) is 0 Å². The number of nitrogens with one attached hydrogen (secondary N) is 1. The van der Waals surface area contributed by atoms with Crippen LogP contribution in [-0.4, -0.2) is 92.1 Å². The molecule has 0 unspecified atom stereocenters. The van der Waals surface area contributed by atoms with Crippen LogP contribution in [0.5, 0.6) is 0 Å². The molecule has 2 heterocycles. The number of morpholine rings is 1. The largest absolute Gasteiger partial charge is 0.378 e. The molecule has 1 aromatic rings. The highest BCUT2D eigenvalue weighted by Gasteiger charge is 2.23. The van der Waals surface area contributed by atoms with Crippen molar-refractivity contribution in [2.45, 2.75) is 6.42 Å². The Bertz CT molecular complexity index is 644. The Labute approximate surface area is 165 Å². The Morgan fingerprint density at radius 1 is 1.04 bits per heavy atom. The Morgan fingerprint density at radius 2 is 1.74 bits per heavy atom. The summed E-state index contributed by atoms with van der Waals surface area (Å²) in [4.78, 5) is 30.8. The van der Waals surface area contributed by atoms with Crippen molar-refractivity contribution in [3.8, 4) is 0 Å². The van der Waals surface area contributed by atoms with Gasteiger partial charge in [-0.1, -0.05) is 17.7 Å². The average Bonchev–Trinajstić information content (AvgIpc) is 2.68. The monoisotopic (exact) mass is 394 g/mol.